The summed E-state index contributed by atoms with van der Waals surface area (Å²) in [5.74, 6) is -0.149. The molecule has 1 aliphatic rings. The van der Waals surface area contributed by atoms with Crippen LogP contribution in [0.2, 0.25) is 0 Å². The SMILES string of the molecule is O=C(c1ccc(NS(=O)c2cccc3scnc23)cc1)N1CCC(O)(CCCC(F)F)CC1. The van der Waals surface area contributed by atoms with Crippen LogP contribution in [-0.4, -0.2) is 50.2 Å². The molecule has 0 bridgehead atoms. The summed E-state index contributed by atoms with van der Waals surface area (Å²) in [5.41, 5.74) is 2.56. The molecule has 4 rings (SSSR count). The first-order valence-electron chi connectivity index (χ1n) is 10.8. The Morgan fingerprint density at radius 1 is 1.21 bits per heavy atom. The number of likely N-dealkylation sites (tertiary alicyclic amines) is 1. The molecule has 0 saturated carbocycles. The molecule has 10 heteroatoms. The van der Waals surface area contributed by atoms with E-state index in [0.29, 0.717) is 54.0 Å². The number of nitrogens with one attached hydrogen (secondary N) is 1. The third kappa shape index (κ3) is 5.74. The predicted molar refractivity (Wildman–Crippen MR) is 126 cm³/mol. The lowest BCUT2D eigenvalue weighted by molar-refractivity contribution is -0.0269. The van der Waals surface area contributed by atoms with E-state index in [1.54, 1.807) is 40.7 Å². The highest BCUT2D eigenvalue weighted by Crippen LogP contribution is 2.29. The number of benzene rings is 2. The van der Waals surface area contributed by atoms with Crippen molar-refractivity contribution in [1.29, 1.82) is 0 Å². The molecule has 1 amide bonds. The molecule has 1 unspecified atom stereocenters. The Hall–Kier alpha value is -2.43. The van der Waals surface area contributed by atoms with Crippen LogP contribution in [0.1, 0.15) is 42.5 Å². The number of nitrogens with zero attached hydrogens (tertiary/aromatic N) is 2. The largest absolute Gasteiger partial charge is 0.390 e. The average Bonchev–Trinajstić information content (AvgIpc) is 3.28. The predicted octanol–water partition coefficient (Wildman–Crippen LogP) is 4.83. The minimum Gasteiger partial charge on any atom is -0.390 e. The van der Waals surface area contributed by atoms with E-state index in [-0.39, 0.29) is 18.7 Å². The zero-order valence-corrected chi connectivity index (χ0v) is 19.5. The Bertz CT molecular complexity index is 1130. The fourth-order valence-corrected chi connectivity index (χ4v) is 5.77. The summed E-state index contributed by atoms with van der Waals surface area (Å²) in [4.78, 5) is 19.4. The highest BCUT2D eigenvalue weighted by molar-refractivity contribution is 7.86. The number of piperidine rings is 1. The highest BCUT2D eigenvalue weighted by Gasteiger charge is 2.33. The van der Waals surface area contributed by atoms with Crippen LogP contribution in [0.15, 0.2) is 52.9 Å². The fourth-order valence-electron chi connectivity index (χ4n) is 4.00. The minimum absolute atomic E-state index is 0.149. The number of rotatable bonds is 8. The normalized spacial score (nSPS) is 16.8. The van der Waals surface area contributed by atoms with Crippen molar-refractivity contribution in [1.82, 2.24) is 9.88 Å². The van der Waals surface area contributed by atoms with Crippen molar-refractivity contribution in [2.45, 2.75) is 49.0 Å². The number of hydrogen-bond donors (Lipinski definition) is 2. The van der Waals surface area contributed by atoms with Gasteiger partial charge in [0.05, 0.1) is 26.2 Å². The standard InChI is InChI=1S/C23H25F2N3O3S2/c24-20(25)5-2-10-23(30)11-13-28(14-12-23)22(29)16-6-8-17(9-7-16)27-33(31)19-4-1-3-18-21(19)26-15-32-18/h1,3-4,6-9,15,20,27,30H,2,5,10-14H2. The van der Waals surface area contributed by atoms with E-state index in [1.165, 1.54) is 11.3 Å². The molecule has 0 radical (unpaired) electrons. The third-order valence-corrected chi connectivity index (χ3v) is 7.86. The van der Waals surface area contributed by atoms with Crippen molar-refractivity contribution in [3.05, 3.63) is 53.5 Å². The summed E-state index contributed by atoms with van der Waals surface area (Å²) in [6.45, 7) is 0.761. The van der Waals surface area contributed by atoms with Crippen molar-refractivity contribution in [3.63, 3.8) is 0 Å². The lowest BCUT2D eigenvalue weighted by Gasteiger charge is -2.38. The average molecular weight is 494 g/mol. The van der Waals surface area contributed by atoms with E-state index in [4.69, 9.17) is 0 Å². The van der Waals surface area contributed by atoms with E-state index >= 15 is 0 Å². The maximum atomic E-state index is 12.8. The second kappa shape index (κ2) is 10.2. The van der Waals surface area contributed by atoms with E-state index < -0.39 is 23.0 Å². The number of thiazole rings is 1. The number of amides is 1. The Kier molecular flexibility index (Phi) is 7.35. The van der Waals surface area contributed by atoms with Crippen LogP contribution in [0.25, 0.3) is 10.2 Å². The molecule has 0 aliphatic carbocycles. The van der Waals surface area contributed by atoms with Gasteiger partial charge in [-0.25, -0.2) is 18.0 Å². The van der Waals surface area contributed by atoms with Gasteiger partial charge in [-0.15, -0.1) is 11.3 Å². The highest BCUT2D eigenvalue weighted by atomic mass is 32.2. The summed E-state index contributed by atoms with van der Waals surface area (Å²) >= 11 is 1.49. The lowest BCUT2D eigenvalue weighted by Crippen LogP contribution is -2.46. The summed E-state index contributed by atoms with van der Waals surface area (Å²) in [6.07, 6.45) is -1.22. The van der Waals surface area contributed by atoms with Crippen LogP contribution in [-0.2, 0) is 11.0 Å². The lowest BCUT2D eigenvalue weighted by atomic mass is 9.86. The van der Waals surface area contributed by atoms with Crippen molar-refractivity contribution in [2.24, 2.45) is 0 Å². The molecule has 33 heavy (non-hydrogen) atoms. The molecule has 1 fully saturated rings. The molecule has 6 nitrogen and oxygen atoms in total. The van der Waals surface area contributed by atoms with Gasteiger partial charge in [-0.3, -0.25) is 4.79 Å². The number of alkyl halides is 2. The van der Waals surface area contributed by atoms with Crippen LogP contribution in [0, 0.1) is 0 Å². The summed E-state index contributed by atoms with van der Waals surface area (Å²) in [7, 11) is -1.50. The van der Waals surface area contributed by atoms with E-state index in [0.717, 1.165) is 4.70 Å². The molecule has 1 saturated heterocycles. The van der Waals surface area contributed by atoms with Gasteiger partial charge in [-0.05, 0) is 62.1 Å². The number of anilines is 1. The van der Waals surface area contributed by atoms with E-state index in [1.807, 2.05) is 12.1 Å². The second-order valence-corrected chi connectivity index (χ2v) is 10.3. The molecule has 2 heterocycles. The van der Waals surface area contributed by atoms with Crippen LogP contribution in [0.5, 0.6) is 0 Å². The van der Waals surface area contributed by atoms with Crippen molar-refractivity contribution in [3.8, 4) is 0 Å². The Labute approximate surface area is 197 Å². The maximum absolute atomic E-state index is 12.8. The van der Waals surface area contributed by atoms with Crippen molar-refractivity contribution < 1.29 is 22.9 Å². The number of aliphatic hydroxyl groups is 1. The molecule has 1 aromatic heterocycles. The van der Waals surface area contributed by atoms with Gasteiger partial charge in [0.25, 0.3) is 5.91 Å². The van der Waals surface area contributed by atoms with Crippen LogP contribution in [0.3, 0.4) is 0 Å². The number of carbonyl (C=O) groups excluding carboxylic acids is 1. The maximum Gasteiger partial charge on any atom is 0.253 e. The number of halogens is 2. The van der Waals surface area contributed by atoms with Crippen LogP contribution >= 0.6 is 11.3 Å². The second-order valence-electron chi connectivity index (χ2n) is 8.20. The Balaban J connectivity index is 1.33. The summed E-state index contributed by atoms with van der Waals surface area (Å²) < 4.78 is 41.4. The molecular formula is C23H25F2N3O3S2. The molecule has 2 N–H and O–H groups in total. The first-order chi connectivity index (χ1) is 15.8. The first kappa shape index (κ1) is 23.7. The molecule has 0 spiro atoms. The fraction of sp³-hybridized carbons (Fsp3) is 0.391. The van der Waals surface area contributed by atoms with Gasteiger partial charge in [-0.2, -0.15) is 0 Å². The molecule has 1 atom stereocenters. The van der Waals surface area contributed by atoms with E-state index in [9.17, 15) is 22.9 Å². The smallest absolute Gasteiger partial charge is 0.253 e. The molecule has 176 valence electrons. The van der Waals surface area contributed by atoms with Gasteiger partial charge < -0.3 is 14.7 Å². The van der Waals surface area contributed by atoms with Crippen LogP contribution < -0.4 is 4.72 Å². The summed E-state index contributed by atoms with van der Waals surface area (Å²) in [6, 6.07) is 12.3. The summed E-state index contributed by atoms with van der Waals surface area (Å²) in [5, 5.41) is 10.6. The zero-order valence-electron chi connectivity index (χ0n) is 17.9. The first-order valence-corrected chi connectivity index (χ1v) is 12.8. The topological polar surface area (TPSA) is 82.5 Å². The monoisotopic (exact) mass is 493 g/mol. The molecule has 1 aliphatic heterocycles. The minimum atomic E-state index is -2.36. The zero-order chi connectivity index (χ0) is 23.4. The van der Waals surface area contributed by atoms with Crippen LogP contribution in [0.4, 0.5) is 14.5 Å². The van der Waals surface area contributed by atoms with Gasteiger partial charge in [-0.1, -0.05) is 6.07 Å². The van der Waals surface area contributed by atoms with Gasteiger partial charge in [0.2, 0.25) is 6.43 Å². The molecule has 2 aromatic carbocycles. The van der Waals surface area contributed by atoms with Crippen molar-refractivity contribution in [2.75, 3.05) is 17.8 Å². The quantitative estimate of drug-likeness (QED) is 0.471. The number of hydrogen-bond acceptors (Lipinski definition) is 5. The van der Waals surface area contributed by atoms with Gasteiger partial charge in [0.15, 0.2) is 11.0 Å². The van der Waals surface area contributed by atoms with Crippen molar-refractivity contribution >= 4 is 44.1 Å². The Morgan fingerprint density at radius 3 is 2.64 bits per heavy atom. The van der Waals surface area contributed by atoms with Gasteiger partial charge >= 0.3 is 0 Å². The number of fused-ring (bicyclic) bond motifs is 1. The van der Waals surface area contributed by atoms with E-state index in [2.05, 4.69) is 9.71 Å². The number of para-hydroxylation sites is 1. The molecule has 3 aromatic rings. The number of carbonyl (C=O) groups is 1. The molecular weight excluding hydrogens is 468 g/mol. The third-order valence-electron chi connectivity index (χ3n) is 5.91. The van der Waals surface area contributed by atoms with Gasteiger partial charge in [0.1, 0.15) is 0 Å². The Morgan fingerprint density at radius 2 is 1.94 bits per heavy atom. The number of aromatic nitrogens is 1. The van der Waals surface area contributed by atoms with Gasteiger partial charge in [0, 0.05) is 30.8 Å².